The van der Waals surface area contributed by atoms with Gasteiger partial charge in [0.05, 0.1) is 12.4 Å². The van der Waals surface area contributed by atoms with Crippen LogP contribution in [-0.2, 0) is 22.4 Å². The first-order valence-corrected chi connectivity index (χ1v) is 6.20. The maximum atomic E-state index is 3.49. The molecule has 0 amide bonds. The molecule has 107 valence electrons. The Hall–Kier alpha value is -1.68. The third kappa shape index (κ3) is 4.78. The molecule has 4 heteroatoms. The zero-order valence-electron chi connectivity index (χ0n) is 11.5. The smallest absolute Gasteiger partial charge is 0.0690 e. The number of H-pyrrole nitrogens is 1. The number of hydrogen-bond donors (Lipinski definition) is 1. The van der Waals surface area contributed by atoms with Gasteiger partial charge in [-0.05, 0) is 30.5 Å². The average molecular weight is 359 g/mol. The number of benzene rings is 2. The summed E-state index contributed by atoms with van der Waals surface area (Å²) < 4.78 is 0. The Morgan fingerprint density at radius 1 is 0.850 bits per heavy atom. The van der Waals surface area contributed by atoms with Crippen LogP contribution in [0.3, 0.4) is 0 Å². The molecule has 1 heterocycles. The van der Waals surface area contributed by atoms with Crippen molar-refractivity contribution in [2.75, 3.05) is 0 Å². The van der Waals surface area contributed by atoms with Gasteiger partial charge in [-0.2, -0.15) is 15.4 Å². The Kier molecular flexibility index (Phi) is 6.95. The van der Waals surface area contributed by atoms with Gasteiger partial charge < -0.3 is 0 Å². The quantitative estimate of drug-likeness (QED) is 0.672. The zero-order chi connectivity index (χ0) is 13.5. The number of aromatic nitrogens is 3. The van der Waals surface area contributed by atoms with E-state index >= 15 is 0 Å². The SMILES string of the molecule is Cc1ccc(-c2ccccc2)c(C)c1.[Ag].c1cn[nH]n1. The minimum atomic E-state index is 0. The van der Waals surface area contributed by atoms with E-state index in [9.17, 15) is 0 Å². The van der Waals surface area contributed by atoms with E-state index in [0.29, 0.717) is 0 Å². The molecule has 0 fully saturated rings. The normalized spacial score (nSPS) is 9.10. The number of aryl methyl sites for hydroxylation is 2. The monoisotopic (exact) mass is 358 g/mol. The van der Waals surface area contributed by atoms with Crippen LogP contribution in [0.2, 0.25) is 0 Å². The Balaban J connectivity index is 0.000000283. The maximum Gasteiger partial charge on any atom is 0.0690 e. The maximum absolute atomic E-state index is 3.49. The predicted octanol–water partition coefficient (Wildman–Crippen LogP) is 3.77. The van der Waals surface area contributed by atoms with Crippen LogP contribution in [0.4, 0.5) is 0 Å². The topological polar surface area (TPSA) is 41.6 Å². The molecule has 1 radical (unpaired) electrons. The number of rotatable bonds is 1. The third-order valence-corrected chi connectivity index (χ3v) is 2.80. The van der Waals surface area contributed by atoms with Crippen LogP contribution in [0.15, 0.2) is 60.9 Å². The molecule has 0 bridgehead atoms. The van der Waals surface area contributed by atoms with Crippen LogP contribution in [0.5, 0.6) is 0 Å². The van der Waals surface area contributed by atoms with Crippen molar-refractivity contribution in [2.24, 2.45) is 0 Å². The summed E-state index contributed by atoms with van der Waals surface area (Å²) in [6.45, 7) is 4.29. The molecule has 2 aromatic carbocycles. The van der Waals surface area contributed by atoms with Gasteiger partial charge in [0.1, 0.15) is 0 Å². The van der Waals surface area contributed by atoms with Crippen molar-refractivity contribution in [3.8, 4) is 11.1 Å². The summed E-state index contributed by atoms with van der Waals surface area (Å²) in [6.07, 6.45) is 3.17. The van der Waals surface area contributed by atoms with Gasteiger partial charge in [-0.15, -0.1) is 0 Å². The largest absolute Gasteiger partial charge is 0.198 e. The number of nitrogens with one attached hydrogen (secondary N) is 1. The van der Waals surface area contributed by atoms with Crippen molar-refractivity contribution in [1.29, 1.82) is 0 Å². The van der Waals surface area contributed by atoms with E-state index in [0.717, 1.165) is 0 Å². The molecule has 0 saturated heterocycles. The second-order valence-electron chi connectivity index (χ2n) is 4.34. The number of aromatic amines is 1. The van der Waals surface area contributed by atoms with Crippen LogP contribution in [0.25, 0.3) is 11.1 Å². The van der Waals surface area contributed by atoms with E-state index < -0.39 is 0 Å². The third-order valence-electron chi connectivity index (χ3n) is 2.80. The summed E-state index contributed by atoms with van der Waals surface area (Å²) in [7, 11) is 0. The summed E-state index contributed by atoms with van der Waals surface area (Å²) >= 11 is 0. The van der Waals surface area contributed by atoms with Crippen LogP contribution >= 0.6 is 0 Å². The summed E-state index contributed by atoms with van der Waals surface area (Å²) in [5.41, 5.74) is 5.29. The predicted molar refractivity (Wildman–Crippen MR) is 77.7 cm³/mol. The van der Waals surface area contributed by atoms with E-state index in [-0.39, 0.29) is 22.4 Å². The van der Waals surface area contributed by atoms with Gasteiger partial charge in [0, 0.05) is 22.4 Å². The van der Waals surface area contributed by atoms with Crippen molar-refractivity contribution in [2.45, 2.75) is 13.8 Å². The minimum absolute atomic E-state index is 0. The van der Waals surface area contributed by atoms with Crippen LogP contribution in [0.1, 0.15) is 11.1 Å². The zero-order valence-corrected chi connectivity index (χ0v) is 13.0. The molecule has 0 spiro atoms. The van der Waals surface area contributed by atoms with E-state index in [1.807, 2.05) is 6.07 Å². The fraction of sp³-hybridized carbons (Fsp3) is 0.125. The minimum Gasteiger partial charge on any atom is -0.198 e. The molecule has 0 unspecified atom stereocenters. The molecule has 3 nitrogen and oxygen atoms in total. The summed E-state index contributed by atoms with van der Waals surface area (Å²) in [6, 6.07) is 17.1. The molecule has 0 aliphatic rings. The van der Waals surface area contributed by atoms with E-state index in [4.69, 9.17) is 0 Å². The van der Waals surface area contributed by atoms with E-state index in [1.165, 1.54) is 22.3 Å². The second-order valence-corrected chi connectivity index (χ2v) is 4.34. The van der Waals surface area contributed by atoms with Gasteiger partial charge in [0.15, 0.2) is 0 Å². The van der Waals surface area contributed by atoms with Crippen molar-refractivity contribution in [1.82, 2.24) is 15.4 Å². The average Bonchev–Trinajstić information content (AvgIpc) is 2.99. The molecular weight excluding hydrogens is 342 g/mol. The van der Waals surface area contributed by atoms with Crippen molar-refractivity contribution >= 4 is 0 Å². The Morgan fingerprint density at radius 2 is 1.50 bits per heavy atom. The first kappa shape index (κ1) is 16.4. The molecule has 1 N–H and O–H groups in total. The molecule has 0 atom stereocenters. The van der Waals surface area contributed by atoms with Crippen LogP contribution in [-0.4, -0.2) is 15.4 Å². The van der Waals surface area contributed by atoms with Gasteiger partial charge in [0.2, 0.25) is 0 Å². The van der Waals surface area contributed by atoms with E-state index in [2.05, 4.69) is 71.7 Å². The first-order valence-electron chi connectivity index (χ1n) is 6.20. The Bertz CT molecular complexity index is 590. The molecule has 0 aliphatic heterocycles. The second kappa shape index (κ2) is 8.48. The van der Waals surface area contributed by atoms with Gasteiger partial charge in [-0.3, -0.25) is 0 Å². The Morgan fingerprint density at radius 3 is 2.00 bits per heavy atom. The molecule has 1 aromatic heterocycles. The molecule has 20 heavy (non-hydrogen) atoms. The van der Waals surface area contributed by atoms with Gasteiger partial charge in [-0.25, -0.2) is 0 Å². The number of hydrogen-bond acceptors (Lipinski definition) is 2. The fourth-order valence-corrected chi connectivity index (χ4v) is 1.92. The van der Waals surface area contributed by atoms with Crippen molar-refractivity contribution in [3.63, 3.8) is 0 Å². The van der Waals surface area contributed by atoms with Crippen LogP contribution < -0.4 is 0 Å². The Labute approximate surface area is 135 Å². The summed E-state index contributed by atoms with van der Waals surface area (Å²) in [5.74, 6) is 0. The molecular formula is C16H17AgN3. The van der Waals surface area contributed by atoms with Crippen molar-refractivity contribution < 1.29 is 22.4 Å². The molecule has 3 rings (SSSR count). The standard InChI is InChI=1S/C14H14.C2H3N3.Ag/c1-11-8-9-14(12(2)10-11)13-6-4-3-5-7-13;1-2-4-5-3-1;/h3-10H,1-2H3;1-2H,(H,3,4,5);. The number of nitrogens with zero attached hydrogens (tertiary/aromatic N) is 2. The summed E-state index contributed by atoms with van der Waals surface area (Å²) in [4.78, 5) is 0. The van der Waals surface area contributed by atoms with Crippen LogP contribution in [0, 0.1) is 13.8 Å². The van der Waals surface area contributed by atoms with Crippen molar-refractivity contribution in [3.05, 3.63) is 72.1 Å². The van der Waals surface area contributed by atoms with Gasteiger partial charge >= 0.3 is 0 Å². The van der Waals surface area contributed by atoms with Gasteiger partial charge in [-0.1, -0.05) is 54.1 Å². The first-order chi connectivity index (χ1) is 9.27. The summed E-state index contributed by atoms with van der Waals surface area (Å²) in [5, 5.41) is 9.33. The van der Waals surface area contributed by atoms with Gasteiger partial charge in [0.25, 0.3) is 0 Å². The molecule has 0 saturated carbocycles. The molecule has 3 aromatic rings. The van der Waals surface area contributed by atoms with E-state index in [1.54, 1.807) is 12.4 Å². The molecule has 0 aliphatic carbocycles. The fourth-order valence-electron chi connectivity index (χ4n) is 1.92.